The van der Waals surface area contributed by atoms with Crippen LogP contribution in [0.3, 0.4) is 0 Å². The molecule has 0 heterocycles. The van der Waals surface area contributed by atoms with E-state index in [0.29, 0.717) is 19.3 Å². The van der Waals surface area contributed by atoms with Crippen LogP contribution in [0.25, 0.3) is 0 Å². The first-order valence-corrected chi connectivity index (χ1v) is 4.77. The van der Waals surface area contributed by atoms with Crippen molar-refractivity contribution in [2.45, 2.75) is 44.1 Å². The van der Waals surface area contributed by atoms with Gasteiger partial charge in [-0.1, -0.05) is 0 Å². The van der Waals surface area contributed by atoms with Crippen molar-refractivity contribution in [3.8, 4) is 0 Å². The third-order valence-electron chi connectivity index (χ3n) is 2.74. The molecule has 1 rings (SSSR count). The fourth-order valence-corrected chi connectivity index (χ4v) is 1.80. The number of hydrogen-bond acceptors (Lipinski definition) is 2. The quantitative estimate of drug-likeness (QED) is 0.797. The van der Waals surface area contributed by atoms with Crippen molar-refractivity contribution in [3.63, 3.8) is 0 Å². The molecule has 0 amide bonds. The van der Waals surface area contributed by atoms with Crippen molar-refractivity contribution in [2.24, 2.45) is 11.7 Å². The van der Waals surface area contributed by atoms with Crippen LogP contribution >= 0.6 is 12.4 Å². The van der Waals surface area contributed by atoms with Crippen molar-refractivity contribution in [1.29, 1.82) is 0 Å². The van der Waals surface area contributed by atoms with E-state index in [2.05, 4.69) is 0 Å². The molecule has 1 fully saturated rings. The summed E-state index contributed by atoms with van der Waals surface area (Å²) < 4.78 is 25.5. The minimum absolute atomic E-state index is 0. The Morgan fingerprint density at radius 1 is 1.47 bits per heavy atom. The number of carbonyl (C=O) groups is 1. The summed E-state index contributed by atoms with van der Waals surface area (Å²) in [5.74, 6) is -3.56. The van der Waals surface area contributed by atoms with E-state index < -0.39 is 17.9 Å². The average Bonchev–Trinajstić information content (AvgIpc) is 2.08. The van der Waals surface area contributed by atoms with E-state index in [0.717, 1.165) is 0 Å². The minimum Gasteiger partial charge on any atom is -0.480 e. The highest BCUT2D eigenvalue weighted by molar-refractivity contribution is 5.85. The van der Waals surface area contributed by atoms with Gasteiger partial charge in [-0.25, -0.2) is 8.78 Å². The van der Waals surface area contributed by atoms with Gasteiger partial charge >= 0.3 is 5.97 Å². The van der Waals surface area contributed by atoms with Crippen LogP contribution in [0.1, 0.15) is 32.1 Å². The third kappa shape index (κ3) is 4.75. The zero-order valence-corrected chi connectivity index (χ0v) is 9.10. The van der Waals surface area contributed by atoms with Crippen molar-refractivity contribution in [2.75, 3.05) is 0 Å². The van der Waals surface area contributed by atoms with E-state index >= 15 is 0 Å². The summed E-state index contributed by atoms with van der Waals surface area (Å²) in [6.07, 6.45) is 0.807. The molecule has 6 heteroatoms. The molecule has 1 aliphatic carbocycles. The number of hydrogen-bond donors (Lipinski definition) is 2. The first-order valence-electron chi connectivity index (χ1n) is 4.77. The highest BCUT2D eigenvalue weighted by atomic mass is 35.5. The summed E-state index contributed by atoms with van der Waals surface area (Å²) in [7, 11) is 0. The lowest BCUT2D eigenvalue weighted by atomic mass is 9.83. The highest BCUT2D eigenvalue weighted by Gasteiger charge is 2.35. The van der Waals surface area contributed by atoms with E-state index in [1.165, 1.54) is 0 Å². The van der Waals surface area contributed by atoms with Gasteiger partial charge in [0.15, 0.2) is 0 Å². The predicted molar refractivity (Wildman–Crippen MR) is 54.4 cm³/mol. The van der Waals surface area contributed by atoms with Crippen molar-refractivity contribution in [3.05, 3.63) is 0 Å². The number of carboxylic acids is 1. The fourth-order valence-electron chi connectivity index (χ4n) is 1.80. The van der Waals surface area contributed by atoms with E-state index in [1.807, 2.05) is 0 Å². The molecule has 0 aliphatic heterocycles. The smallest absolute Gasteiger partial charge is 0.320 e. The second-order valence-electron chi connectivity index (χ2n) is 3.98. The van der Waals surface area contributed by atoms with Gasteiger partial charge in [0.05, 0.1) is 0 Å². The number of nitrogens with two attached hydrogens (primary N) is 1. The maximum atomic E-state index is 12.7. The maximum Gasteiger partial charge on any atom is 0.320 e. The Bertz CT molecular complexity index is 216. The number of rotatable bonds is 3. The molecule has 1 saturated carbocycles. The SMILES string of the molecule is Cl.N[C@H](CC1CCC(F)(F)CC1)C(=O)O. The van der Waals surface area contributed by atoms with Gasteiger partial charge in [-0.05, 0) is 25.2 Å². The fraction of sp³-hybridized carbons (Fsp3) is 0.889. The van der Waals surface area contributed by atoms with E-state index in [9.17, 15) is 13.6 Å². The van der Waals surface area contributed by atoms with Crippen LogP contribution in [0.2, 0.25) is 0 Å². The monoisotopic (exact) mass is 243 g/mol. The number of alkyl halides is 2. The molecule has 0 aromatic carbocycles. The van der Waals surface area contributed by atoms with E-state index in [4.69, 9.17) is 10.8 Å². The average molecular weight is 244 g/mol. The molecule has 0 radical (unpaired) electrons. The molecule has 90 valence electrons. The summed E-state index contributed by atoms with van der Waals surface area (Å²) in [5.41, 5.74) is 5.33. The molecule has 3 N–H and O–H groups in total. The Morgan fingerprint density at radius 3 is 2.33 bits per heavy atom. The predicted octanol–water partition coefficient (Wildman–Crippen LogP) is 2.04. The lowest BCUT2D eigenvalue weighted by molar-refractivity contribution is -0.139. The van der Waals surface area contributed by atoms with Crippen LogP contribution in [0, 0.1) is 5.92 Å². The normalized spacial score (nSPS) is 22.9. The topological polar surface area (TPSA) is 63.3 Å². The Labute approximate surface area is 93.4 Å². The molecule has 0 saturated heterocycles. The van der Waals surface area contributed by atoms with Gasteiger partial charge in [0.2, 0.25) is 5.92 Å². The maximum absolute atomic E-state index is 12.7. The van der Waals surface area contributed by atoms with Crippen LogP contribution in [-0.4, -0.2) is 23.0 Å². The Hall–Kier alpha value is -0.420. The summed E-state index contributed by atoms with van der Waals surface area (Å²) in [4.78, 5) is 10.4. The van der Waals surface area contributed by atoms with Crippen LogP contribution in [0.5, 0.6) is 0 Å². The molecule has 0 unspecified atom stereocenters. The summed E-state index contributed by atoms with van der Waals surface area (Å²) >= 11 is 0. The second kappa shape index (κ2) is 5.61. The van der Waals surface area contributed by atoms with Crippen LogP contribution < -0.4 is 5.73 Å². The summed E-state index contributed by atoms with van der Waals surface area (Å²) in [6.45, 7) is 0. The van der Waals surface area contributed by atoms with E-state index in [1.54, 1.807) is 0 Å². The second-order valence-corrected chi connectivity index (χ2v) is 3.98. The van der Waals surface area contributed by atoms with E-state index in [-0.39, 0.29) is 31.2 Å². The van der Waals surface area contributed by atoms with Crippen molar-refractivity contribution < 1.29 is 18.7 Å². The number of halogens is 3. The Balaban J connectivity index is 0.00000196. The van der Waals surface area contributed by atoms with Gasteiger partial charge in [0.25, 0.3) is 0 Å². The number of aliphatic carboxylic acids is 1. The van der Waals surface area contributed by atoms with Crippen molar-refractivity contribution >= 4 is 18.4 Å². The molecule has 0 aromatic rings. The van der Waals surface area contributed by atoms with Gasteiger partial charge in [-0.2, -0.15) is 0 Å². The molecular weight excluding hydrogens is 228 g/mol. The molecule has 15 heavy (non-hydrogen) atoms. The lowest BCUT2D eigenvalue weighted by Gasteiger charge is -2.28. The highest BCUT2D eigenvalue weighted by Crippen LogP contribution is 2.37. The van der Waals surface area contributed by atoms with Crippen LogP contribution in [-0.2, 0) is 4.79 Å². The first-order chi connectivity index (χ1) is 6.41. The van der Waals surface area contributed by atoms with Gasteiger partial charge in [0.1, 0.15) is 6.04 Å². The molecular formula is C9H16ClF2NO2. The molecule has 0 bridgehead atoms. The zero-order chi connectivity index (χ0) is 10.8. The molecule has 1 aliphatic rings. The Morgan fingerprint density at radius 2 is 1.93 bits per heavy atom. The van der Waals surface area contributed by atoms with Gasteiger partial charge in [-0.15, -0.1) is 12.4 Å². The van der Waals surface area contributed by atoms with Crippen LogP contribution in [0.15, 0.2) is 0 Å². The molecule has 1 atom stereocenters. The van der Waals surface area contributed by atoms with Gasteiger partial charge in [-0.3, -0.25) is 4.79 Å². The number of carboxylic acid groups (broad SMARTS) is 1. The molecule has 3 nitrogen and oxygen atoms in total. The molecule has 0 spiro atoms. The summed E-state index contributed by atoms with van der Waals surface area (Å²) in [5, 5.41) is 8.54. The first kappa shape index (κ1) is 14.6. The minimum atomic E-state index is -2.55. The van der Waals surface area contributed by atoms with Gasteiger partial charge < -0.3 is 10.8 Å². The van der Waals surface area contributed by atoms with Crippen LogP contribution in [0.4, 0.5) is 8.78 Å². The lowest BCUT2D eigenvalue weighted by Crippen LogP contribution is -2.34. The van der Waals surface area contributed by atoms with Crippen molar-refractivity contribution in [1.82, 2.24) is 0 Å². The third-order valence-corrected chi connectivity index (χ3v) is 2.74. The molecule has 0 aromatic heterocycles. The zero-order valence-electron chi connectivity index (χ0n) is 8.29. The standard InChI is InChI=1S/C9H15F2NO2.ClH/c10-9(11)3-1-6(2-4-9)5-7(12)8(13)14;/h6-7H,1-5,12H2,(H,13,14);1H/t7-;/m1./s1. The Kier molecular flexibility index (Phi) is 5.45. The largest absolute Gasteiger partial charge is 0.480 e. The summed E-state index contributed by atoms with van der Waals surface area (Å²) in [6, 6.07) is -0.910. The van der Waals surface area contributed by atoms with Gasteiger partial charge in [0, 0.05) is 12.8 Å².